The van der Waals surface area contributed by atoms with Crippen LogP contribution >= 0.6 is 0 Å². The van der Waals surface area contributed by atoms with Crippen molar-refractivity contribution in [3.63, 3.8) is 0 Å². The predicted molar refractivity (Wildman–Crippen MR) is 78.2 cm³/mol. The molecule has 0 aliphatic carbocycles. The van der Waals surface area contributed by atoms with Crippen LogP contribution in [0, 0.1) is 19.8 Å². The van der Waals surface area contributed by atoms with Crippen LogP contribution in [0.2, 0.25) is 0 Å². The fraction of sp³-hybridized carbons (Fsp3) is 0.625. The summed E-state index contributed by atoms with van der Waals surface area (Å²) in [6, 6.07) is 6.22. The van der Waals surface area contributed by atoms with E-state index in [-0.39, 0.29) is 0 Å². The number of aryl methyl sites for hydroxylation is 2. The predicted octanol–water partition coefficient (Wildman–Crippen LogP) is 3.28. The van der Waals surface area contributed by atoms with E-state index in [2.05, 4.69) is 31.3 Å². The van der Waals surface area contributed by atoms with Crippen LogP contribution in [0.15, 0.2) is 18.2 Å². The summed E-state index contributed by atoms with van der Waals surface area (Å²) < 4.78 is 37.0. The van der Waals surface area contributed by atoms with Crippen molar-refractivity contribution in [2.45, 2.75) is 33.0 Å². The molecule has 1 aliphatic rings. The molecule has 1 aromatic carbocycles. The van der Waals surface area contributed by atoms with Crippen molar-refractivity contribution in [2.24, 2.45) is 5.92 Å². The highest BCUT2D eigenvalue weighted by atomic mass is 19.4. The van der Waals surface area contributed by atoms with Gasteiger partial charge in [0.25, 0.3) is 0 Å². The van der Waals surface area contributed by atoms with Gasteiger partial charge in [0.1, 0.15) is 0 Å². The van der Waals surface area contributed by atoms with E-state index in [0.717, 1.165) is 19.5 Å². The molecule has 118 valence electrons. The third-order valence-electron chi connectivity index (χ3n) is 4.15. The Morgan fingerprint density at radius 2 is 1.90 bits per heavy atom. The first kappa shape index (κ1) is 16.3. The van der Waals surface area contributed by atoms with E-state index in [4.69, 9.17) is 0 Å². The zero-order chi connectivity index (χ0) is 15.5. The molecule has 2 nitrogen and oxygen atoms in total. The van der Waals surface area contributed by atoms with E-state index >= 15 is 0 Å². The smallest absolute Gasteiger partial charge is 0.312 e. The highest BCUT2D eigenvalue weighted by Crippen LogP contribution is 2.22. The lowest BCUT2D eigenvalue weighted by atomic mass is 10.0. The molecule has 0 radical (unpaired) electrons. The molecule has 0 amide bonds. The molecule has 1 N–H and O–H groups in total. The van der Waals surface area contributed by atoms with E-state index < -0.39 is 12.7 Å². The maximum atomic E-state index is 12.3. The van der Waals surface area contributed by atoms with Crippen LogP contribution in [0.3, 0.4) is 0 Å². The molecular formula is C16H23F3N2. The minimum absolute atomic E-state index is 0.316. The standard InChI is InChI=1S/C16H23F3N2/c1-12-4-3-5-13(2)15(12)9-20-8-14-6-7-21(10-14)11-16(17,18)19/h3-5,14,20H,6-11H2,1-2H3/t14-/m0/s1. The number of likely N-dealkylation sites (tertiary alicyclic amines) is 1. The van der Waals surface area contributed by atoms with Crippen molar-refractivity contribution in [2.75, 3.05) is 26.2 Å². The average molecular weight is 300 g/mol. The molecule has 1 aromatic rings. The van der Waals surface area contributed by atoms with E-state index in [1.165, 1.54) is 21.6 Å². The van der Waals surface area contributed by atoms with Crippen LogP contribution in [-0.4, -0.2) is 37.3 Å². The summed E-state index contributed by atoms with van der Waals surface area (Å²) in [5.74, 6) is 0.316. The Morgan fingerprint density at radius 1 is 1.24 bits per heavy atom. The maximum absolute atomic E-state index is 12.3. The van der Waals surface area contributed by atoms with Crippen molar-refractivity contribution >= 4 is 0 Å². The summed E-state index contributed by atoms with van der Waals surface area (Å²) >= 11 is 0. The van der Waals surface area contributed by atoms with Crippen molar-refractivity contribution in [3.8, 4) is 0 Å². The van der Waals surface area contributed by atoms with Gasteiger partial charge in [-0.15, -0.1) is 0 Å². The van der Waals surface area contributed by atoms with Gasteiger partial charge in [-0.2, -0.15) is 13.2 Å². The number of alkyl halides is 3. The van der Waals surface area contributed by atoms with Gasteiger partial charge in [0.2, 0.25) is 0 Å². The zero-order valence-corrected chi connectivity index (χ0v) is 12.6. The van der Waals surface area contributed by atoms with Crippen molar-refractivity contribution in [1.29, 1.82) is 0 Å². The second kappa shape index (κ2) is 6.79. The van der Waals surface area contributed by atoms with Gasteiger partial charge in [-0.25, -0.2) is 0 Å². The Kier molecular flexibility index (Phi) is 5.27. The molecular weight excluding hydrogens is 277 g/mol. The first-order chi connectivity index (χ1) is 9.85. The van der Waals surface area contributed by atoms with Crippen molar-refractivity contribution in [3.05, 3.63) is 34.9 Å². The summed E-state index contributed by atoms with van der Waals surface area (Å²) in [4.78, 5) is 1.51. The lowest BCUT2D eigenvalue weighted by Crippen LogP contribution is -2.33. The van der Waals surface area contributed by atoms with E-state index in [1.54, 1.807) is 0 Å². The quantitative estimate of drug-likeness (QED) is 0.898. The van der Waals surface area contributed by atoms with Crippen LogP contribution in [0.1, 0.15) is 23.1 Å². The summed E-state index contributed by atoms with van der Waals surface area (Å²) in [6.45, 7) is 6.06. The van der Waals surface area contributed by atoms with Gasteiger partial charge in [-0.3, -0.25) is 4.90 Å². The molecule has 1 aliphatic heterocycles. The normalized spacial score (nSPS) is 20.1. The monoisotopic (exact) mass is 300 g/mol. The summed E-state index contributed by atoms with van der Waals surface area (Å²) in [7, 11) is 0. The van der Waals surface area contributed by atoms with Gasteiger partial charge < -0.3 is 5.32 Å². The molecule has 1 atom stereocenters. The molecule has 0 aromatic heterocycles. The van der Waals surface area contributed by atoms with Crippen LogP contribution in [-0.2, 0) is 6.54 Å². The first-order valence-corrected chi connectivity index (χ1v) is 7.40. The number of nitrogens with one attached hydrogen (secondary N) is 1. The number of nitrogens with zero attached hydrogens (tertiary/aromatic N) is 1. The fourth-order valence-electron chi connectivity index (χ4n) is 3.01. The van der Waals surface area contributed by atoms with Gasteiger partial charge in [-0.1, -0.05) is 18.2 Å². The Labute approximate surface area is 124 Å². The van der Waals surface area contributed by atoms with E-state index in [9.17, 15) is 13.2 Å². The molecule has 0 unspecified atom stereocenters. The lowest BCUT2D eigenvalue weighted by Gasteiger charge is -2.18. The summed E-state index contributed by atoms with van der Waals surface area (Å²) in [5.41, 5.74) is 3.81. The molecule has 2 rings (SSSR count). The van der Waals surface area contributed by atoms with Gasteiger partial charge >= 0.3 is 6.18 Å². The van der Waals surface area contributed by atoms with Crippen LogP contribution < -0.4 is 5.32 Å². The topological polar surface area (TPSA) is 15.3 Å². The highest BCUT2D eigenvalue weighted by Gasteiger charge is 2.34. The maximum Gasteiger partial charge on any atom is 0.401 e. The van der Waals surface area contributed by atoms with Gasteiger partial charge in [0, 0.05) is 13.1 Å². The summed E-state index contributed by atoms with van der Waals surface area (Å²) in [6.07, 6.45) is -3.24. The molecule has 5 heteroatoms. The summed E-state index contributed by atoms with van der Waals surface area (Å²) in [5, 5.41) is 3.40. The largest absolute Gasteiger partial charge is 0.401 e. The van der Waals surface area contributed by atoms with Crippen LogP contribution in [0.5, 0.6) is 0 Å². The molecule has 1 saturated heterocycles. The highest BCUT2D eigenvalue weighted by molar-refractivity contribution is 5.33. The van der Waals surface area contributed by atoms with Crippen LogP contribution in [0.25, 0.3) is 0 Å². The molecule has 21 heavy (non-hydrogen) atoms. The second-order valence-electron chi connectivity index (χ2n) is 6.01. The number of rotatable bonds is 5. The fourth-order valence-corrected chi connectivity index (χ4v) is 3.01. The second-order valence-corrected chi connectivity index (χ2v) is 6.01. The number of halogens is 3. The average Bonchev–Trinajstić information content (AvgIpc) is 2.78. The van der Waals surface area contributed by atoms with Gasteiger partial charge in [0.15, 0.2) is 0 Å². The van der Waals surface area contributed by atoms with Crippen molar-refractivity contribution in [1.82, 2.24) is 10.2 Å². The molecule has 0 bridgehead atoms. The lowest BCUT2D eigenvalue weighted by molar-refractivity contribution is -0.143. The van der Waals surface area contributed by atoms with E-state index in [1.807, 2.05) is 6.07 Å². The van der Waals surface area contributed by atoms with Gasteiger partial charge in [0.05, 0.1) is 6.54 Å². The Morgan fingerprint density at radius 3 is 2.52 bits per heavy atom. The first-order valence-electron chi connectivity index (χ1n) is 7.40. The van der Waals surface area contributed by atoms with Crippen molar-refractivity contribution < 1.29 is 13.2 Å². The molecule has 0 spiro atoms. The minimum atomic E-state index is -4.08. The third-order valence-corrected chi connectivity index (χ3v) is 4.15. The molecule has 0 saturated carbocycles. The number of benzene rings is 1. The Balaban J connectivity index is 1.75. The van der Waals surface area contributed by atoms with E-state index in [0.29, 0.717) is 19.0 Å². The third kappa shape index (κ3) is 5.00. The minimum Gasteiger partial charge on any atom is -0.312 e. The van der Waals surface area contributed by atoms with Gasteiger partial charge in [-0.05, 0) is 56.0 Å². The molecule has 1 heterocycles. The SMILES string of the molecule is Cc1cccc(C)c1CNC[C@@H]1CCN(CC(F)(F)F)C1. The number of hydrogen-bond acceptors (Lipinski definition) is 2. The number of hydrogen-bond donors (Lipinski definition) is 1. The Hall–Kier alpha value is -1.07. The molecule has 1 fully saturated rings. The zero-order valence-electron chi connectivity index (χ0n) is 12.6. The Bertz CT molecular complexity index is 451. The van der Waals surface area contributed by atoms with Crippen LogP contribution in [0.4, 0.5) is 13.2 Å².